The van der Waals surface area contributed by atoms with Crippen molar-refractivity contribution in [2.24, 2.45) is 5.92 Å². The van der Waals surface area contributed by atoms with Gasteiger partial charge < -0.3 is 10.6 Å². The third kappa shape index (κ3) is 3.49. The van der Waals surface area contributed by atoms with Crippen LogP contribution in [-0.4, -0.2) is 38.5 Å². The lowest BCUT2D eigenvalue weighted by Crippen LogP contribution is -2.36. The third-order valence-corrected chi connectivity index (χ3v) is 4.36. The van der Waals surface area contributed by atoms with Crippen molar-refractivity contribution in [2.75, 3.05) is 18.4 Å². The molecule has 0 bridgehead atoms. The maximum atomic E-state index is 11.7. The first-order valence-electron chi connectivity index (χ1n) is 7.99. The van der Waals surface area contributed by atoms with E-state index >= 15 is 0 Å². The number of carbonyl (C=O) groups excluding carboxylic acids is 1. The van der Waals surface area contributed by atoms with Gasteiger partial charge in [0, 0.05) is 30.8 Å². The number of anilines is 1. The zero-order valence-corrected chi connectivity index (χ0v) is 13.5. The number of imidazole rings is 1. The van der Waals surface area contributed by atoms with Gasteiger partial charge in [-0.3, -0.25) is 9.36 Å². The maximum Gasteiger partial charge on any atom is 0.223 e. The Kier molecular flexibility index (Phi) is 4.55. The molecule has 7 nitrogen and oxygen atoms in total. The SMILES string of the molecule is Cc1ncn(-c2cc(NCCNC(=O)C3CCC3)ncn2)c1C. The molecule has 2 aromatic rings. The van der Waals surface area contributed by atoms with Crippen LogP contribution in [-0.2, 0) is 4.79 Å². The second-order valence-electron chi connectivity index (χ2n) is 5.89. The van der Waals surface area contributed by atoms with Crippen LogP contribution in [0.25, 0.3) is 5.82 Å². The Labute approximate surface area is 135 Å². The van der Waals surface area contributed by atoms with Gasteiger partial charge in [0.15, 0.2) is 0 Å². The van der Waals surface area contributed by atoms with Crippen molar-refractivity contribution >= 4 is 11.7 Å². The summed E-state index contributed by atoms with van der Waals surface area (Å²) in [5.74, 6) is 1.91. The van der Waals surface area contributed by atoms with Crippen molar-refractivity contribution in [1.29, 1.82) is 0 Å². The number of nitrogens with zero attached hydrogens (tertiary/aromatic N) is 4. The Morgan fingerprint density at radius 1 is 1.26 bits per heavy atom. The van der Waals surface area contributed by atoms with Gasteiger partial charge in [-0.1, -0.05) is 6.42 Å². The largest absolute Gasteiger partial charge is 0.368 e. The molecule has 0 aromatic carbocycles. The van der Waals surface area contributed by atoms with Crippen molar-refractivity contribution in [1.82, 2.24) is 24.8 Å². The quantitative estimate of drug-likeness (QED) is 0.791. The van der Waals surface area contributed by atoms with E-state index in [9.17, 15) is 4.79 Å². The number of aromatic nitrogens is 4. The summed E-state index contributed by atoms with van der Waals surface area (Å²) in [6.07, 6.45) is 6.51. The summed E-state index contributed by atoms with van der Waals surface area (Å²) in [6, 6.07) is 1.88. The summed E-state index contributed by atoms with van der Waals surface area (Å²) >= 11 is 0. The number of hydrogen-bond donors (Lipinski definition) is 2. The summed E-state index contributed by atoms with van der Waals surface area (Å²) < 4.78 is 1.93. The van der Waals surface area contributed by atoms with Crippen molar-refractivity contribution in [3.63, 3.8) is 0 Å². The van der Waals surface area contributed by atoms with Crippen LogP contribution in [0.1, 0.15) is 30.7 Å². The van der Waals surface area contributed by atoms with Gasteiger partial charge in [0.2, 0.25) is 5.91 Å². The van der Waals surface area contributed by atoms with Gasteiger partial charge >= 0.3 is 0 Å². The van der Waals surface area contributed by atoms with E-state index in [1.165, 1.54) is 12.7 Å². The molecule has 0 radical (unpaired) electrons. The van der Waals surface area contributed by atoms with Crippen molar-refractivity contribution in [3.8, 4) is 5.82 Å². The smallest absolute Gasteiger partial charge is 0.223 e. The van der Waals surface area contributed by atoms with Crippen molar-refractivity contribution in [2.45, 2.75) is 33.1 Å². The Hall–Kier alpha value is -2.44. The van der Waals surface area contributed by atoms with E-state index in [0.717, 1.165) is 35.9 Å². The predicted octanol–water partition coefficient (Wildman–Crippen LogP) is 1.61. The molecule has 2 aromatic heterocycles. The highest BCUT2D eigenvalue weighted by atomic mass is 16.1. The van der Waals surface area contributed by atoms with Gasteiger partial charge in [0.05, 0.1) is 5.69 Å². The van der Waals surface area contributed by atoms with Crippen LogP contribution in [0.5, 0.6) is 0 Å². The number of rotatable bonds is 6. The summed E-state index contributed by atoms with van der Waals surface area (Å²) in [4.78, 5) is 24.5. The zero-order chi connectivity index (χ0) is 16.2. The van der Waals surface area contributed by atoms with E-state index in [1.54, 1.807) is 6.33 Å². The Morgan fingerprint density at radius 2 is 2.09 bits per heavy atom. The Balaban J connectivity index is 1.53. The molecule has 122 valence electrons. The average Bonchev–Trinajstić information content (AvgIpc) is 2.82. The fraction of sp³-hybridized carbons (Fsp3) is 0.500. The normalized spacial score (nSPS) is 14.3. The van der Waals surface area contributed by atoms with Crippen LogP contribution in [0.3, 0.4) is 0 Å². The molecule has 0 unspecified atom stereocenters. The molecule has 2 heterocycles. The summed E-state index contributed by atoms with van der Waals surface area (Å²) in [5, 5.41) is 6.17. The van der Waals surface area contributed by atoms with E-state index in [-0.39, 0.29) is 11.8 Å². The first-order chi connectivity index (χ1) is 11.1. The molecule has 0 atom stereocenters. The van der Waals surface area contributed by atoms with Gasteiger partial charge in [-0.05, 0) is 26.7 Å². The second-order valence-corrected chi connectivity index (χ2v) is 5.89. The van der Waals surface area contributed by atoms with Crippen molar-refractivity contribution in [3.05, 3.63) is 30.1 Å². The van der Waals surface area contributed by atoms with Gasteiger partial charge in [0.25, 0.3) is 0 Å². The highest BCUT2D eigenvalue weighted by Gasteiger charge is 2.24. The highest BCUT2D eigenvalue weighted by molar-refractivity contribution is 5.79. The van der Waals surface area contributed by atoms with Gasteiger partial charge in [-0.2, -0.15) is 0 Å². The molecule has 1 aliphatic carbocycles. The number of hydrogen-bond acceptors (Lipinski definition) is 5. The molecule has 1 fully saturated rings. The van der Waals surface area contributed by atoms with E-state index in [4.69, 9.17) is 0 Å². The molecule has 1 saturated carbocycles. The molecule has 0 saturated heterocycles. The van der Waals surface area contributed by atoms with Gasteiger partial charge in [0.1, 0.15) is 24.3 Å². The van der Waals surface area contributed by atoms with Crippen LogP contribution >= 0.6 is 0 Å². The molecular weight excluding hydrogens is 292 g/mol. The number of carbonyl (C=O) groups is 1. The topological polar surface area (TPSA) is 84.7 Å². The van der Waals surface area contributed by atoms with Gasteiger partial charge in [-0.25, -0.2) is 15.0 Å². The van der Waals surface area contributed by atoms with Crippen LogP contribution in [0.2, 0.25) is 0 Å². The van der Waals surface area contributed by atoms with Crippen molar-refractivity contribution < 1.29 is 4.79 Å². The molecular formula is C16H22N6O. The van der Waals surface area contributed by atoms with E-state index in [1.807, 2.05) is 24.5 Å². The minimum absolute atomic E-state index is 0.172. The van der Waals surface area contributed by atoms with E-state index < -0.39 is 0 Å². The molecule has 3 rings (SSSR count). The van der Waals surface area contributed by atoms with E-state index in [0.29, 0.717) is 13.1 Å². The van der Waals surface area contributed by atoms with Gasteiger partial charge in [-0.15, -0.1) is 0 Å². The second kappa shape index (κ2) is 6.76. The first-order valence-corrected chi connectivity index (χ1v) is 7.99. The molecule has 1 amide bonds. The molecule has 23 heavy (non-hydrogen) atoms. The summed E-state index contributed by atoms with van der Waals surface area (Å²) in [7, 11) is 0. The summed E-state index contributed by atoms with van der Waals surface area (Å²) in [6.45, 7) is 5.21. The predicted molar refractivity (Wildman–Crippen MR) is 87.5 cm³/mol. The highest BCUT2D eigenvalue weighted by Crippen LogP contribution is 2.25. The molecule has 0 spiro atoms. The zero-order valence-electron chi connectivity index (χ0n) is 13.5. The fourth-order valence-corrected chi connectivity index (χ4v) is 2.50. The number of aryl methyl sites for hydroxylation is 1. The molecule has 1 aliphatic rings. The van der Waals surface area contributed by atoms with Crippen LogP contribution in [0.4, 0.5) is 5.82 Å². The lowest BCUT2D eigenvalue weighted by molar-refractivity contribution is -0.127. The lowest BCUT2D eigenvalue weighted by Gasteiger charge is -2.24. The van der Waals surface area contributed by atoms with Crippen LogP contribution in [0.15, 0.2) is 18.7 Å². The monoisotopic (exact) mass is 314 g/mol. The van der Waals surface area contributed by atoms with Crippen LogP contribution in [0, 0.1) is 19.8 Å². The Bertz CT molecular complexity index is 692. The maximum absolute atomic E-state index is 11.7. The number of amides is 1. The Morgan fingerprint density at radius 3 is 2.74 bits per heavy atom. The average molecular weight is 314 g/mol. The first kappa shape index (κ1) is 15.5. The minimum Gasteiger partial charge on any atom is -0.368 e. The van der Waals surface area contributed by atoms with E-state index in [2.05, 4.69) is 25.6 Å². The van der Waals surface area contributed by atoms with Crippen LogP contribution < -0.4 is 10.6 Å². The minimum atomic E-state index is 0.172. The lowest BCUT2D eigenvalue weighted by atomic mass is 9.85. The molecule has 7 heteroatoms. The number of nitrogens with one attached hydrogen (secondary N) is 2. The third-order valence-electron chi connectivity index (χ3n) is 4.36. The molecule has 2 N–H and O–H groups in total. The fourth-order valence-electron chi connectivity index (χ4n) is 2.50. The molecule has 0 aliphatic heterocycles. The summed E-state index contributed by atoms with van der Waals surface area (Å²) in [5.41, 5.74) is 2.04. The standard InChI is InChI=1S/C16H22N6O/c1-11-12(2)22(10-21-11)15-8-14(19-9-20-15)17-6-7-18-16(23)13-4-3-5-13/h8-10,13H,3-7H2,1-2H3,(H,18,23)(H,17,19,20).